The van der Waals surface area contributed by atoms with Crippen molar-refractivity contribution in [1.29, 1.82) is 0 Å². The van der Waals surface area contributed by atoms with Crippen LogP contribution in [0.4, 0.5) is 0 Å². The van der Waals surface area contributed by atoms with E-state index in [-0.39, 0.29) is 5.91 Å². The van der Waals surface area contributed by atoms with Crippen molar-refractivity contribution in [1.82, 2.24) is 4.90 Å². The zero-order valence-corrected chi connectivity index (χ0v) is 17.9. The van der Waals surface area contributed by atoms with E-state index >= 15 is 0 Å². The lowest BCUT2D eigenvalue weighted by Gasteiger charge is -2.11. The molecule has 6 heteroatoms. The standard InChI is InChI=1S/C23H23NO3S2/c1-3-12-24-22(25)21(29-23(24)28)16-18-9-4-5-11-20(18)27-14-7-13-26-19-10-6-8-17(2)15-19/h3-6,8-11,15-16H,1,7,12-14H2,2H3. The Bertz CT molecular complexity index is 939. The first-order valence-electron chi connectivity index (χ1n) is 9.36. The van der Waals surface area contributed by atoms with Gasteiger partial charge in [0.15, 0.2) is 0 Å². The largest absolute Gasteiger partial charge is 0.493 e. The van der Waals surface area contributed by atoms with Crippen LogP contribution in [-0.4, -0.2) is 34.9 Å². The molecule has 4 nitrogen and oxygen atoms in total. The molecule has 0 atom stereocenters. The van der Waals surface area contributed by atoms with Crippen LogP contribution in [0.3, 0.4) is 0 Å². The van der Waals surface area contributed by atoms with Gasteiger partial charge in [-0.1, -0.05) is 60.4 Å². The molecule has 1 fully saturated rings. The summed E-state index contributed by atoms with van der Waals surface area (Å²) in [5, 5.41) is 0. The number of carbonyl (C=O) groups is 1. The predicted molar refractivity (Wildman–Crippen MR) is 123 cm³/mol. The van der Waals surface area contributed by atoms with Gasteiger partial charge < -0.3 is 9.47 Å². The molecule has 150 valence electrons. The topological polar surface area (TPSA) is 38.8 Å². The number of rotatable bonds is 9. The molecule has 1 saturated heterocycles. The van der Waals surface area contributed by atoms with E-state index in [2.05, 4.69) is 6.58 Å². The summed E-state index contributed by atoms with van der Waals surface area (Å²) in [6.07, 6.45) is 4.26. The van der Waals surface area contributed by atoms with Gasteiger partial charge in [0, 0.05) is 18.5 Å². The van der Waals surface area contributed by atoms with Crippen molar-refractivity contribution in [3.63, 3.8) is 0 Å². The number of hydrogen-bond donors (Lipinski definition) is 0. The summed E-state index contributed by atoms with van der Waals surface area (Å²) in [5.74, 6) is 1.50. The molecule has 0 radical (unpaired) electrons. The molecule has 2 aromatic rings. The molecule has 0 saturated carbocycles. The summed E-state index contributed by atoms with van der Waals surface area (Å²) in [5.41, 5.74) is 2.03. The fourth-order valence-electron chi connectivity index (χ4n) is 2.80. The maximum Gasteiger partial charge on any atom is 0.266 e. The quantitative estimate of drug-likeness (QED) is 0.238. The number of hydrogen-bond acceptors (Lipinski definition) is 5. The monoisotopic (exact) mass is 425 g/mol. The van der Waals surface area contributed by atoms with Crippen LogP contribution in [0.2, 0.25) is 0 Å². The second-order valence-electron chi connectivity index (χ2n) is 6.49. The first-order valence-corrected chi connectivity index (χ1v) is 10.6. The molecule has 2 aromatic carbocycles. The fraction of sp³-hybridized carbons (Fsp3) is 0.217. The van der Waals surface area contributed by atoms with E-state index in [1.165, 1.54) is 17.3 Å². The van der Waals surface area contributed by atoms with Crippen molar-refractivity contribution in [2.75, 3.05) is 19.8 Å². The molecule has 0 spiro atoms. The molecule has 0 unspecified atom stereocenters. The van der Waals surface area contributed by atoms with Gasteiger partial charge in [-0.15, -0.1) is 6.58 Å². The Morgan fingerprint density at radius 1 is 1.14 bits per heavy atom. The number of ether oxygens (including phenoxy) is 2. The Morgan fingerprint density at radius 3 is 2.72 bits per heavy atom. The molecule has 29 heavy (non-hydrogen) atoms. The van der Waals surface area contributed by atoms with Crippen LogP contribution in [0.5, 0.6) is 11.5 Å². The molecule has 0 N–H and O–H groups in total. The van der Waals surface area contributed by atoms with Gasteiger partial charge in [0.2, 0.25) is 0 Å². The van der Waals surface area contributed by atoms with Gasteiger partial charge in [0.05, 0.1) is 18.1 Å². The predicted octanol–water partition coefficient (Wildman–Crippen LogP) is 5.23. The highest BCUT2D eigenvalue weighted by atomic mass is 32.2. The third kappa shape index (κ3) is 5.71. The summed E-state index contributed by atoms with van der Waals surface area (Å²) >= 11 is 6.59. The third-order valence-corrected chi connectivity index (χ3v) is 5.57. The van der Waals surface area contributed by atoms with Gasteiger partial charge in [0.25, 0.3) is 5.91 Å². The minimum atomic E-state index is -0.0961. The summed E-state index contributed by atoms with van der Waals surface area (Å²) in [6.45, 7) is 7.23. The molecule has 3 rings (SSSR count). The van der Waals surface area contributed by atoms with Gasteiger partial charge >= 0.3 is 0 Å². The van der Waals surface area contributed by atoms with Crippen LogP contribution in [0.25, 0.3) is 6.08 Å². The van der Waals surface area contributed by atoms with Gasteiger partial charge in [-0.3, -0.25) is 9.69 Å². The SMILES string of the molecule is C=CCN1C(=O)C(=Cc2ccccc2OCCCOc2cccc(C)c2)SC1=S. The van der Waals surface area contributed by atoms with E-state index in [0.717, 1.165) is 23.5 Å². The average molecular weight is 426 g/mol. The van der Waals surface area contributed by atoms with Crippen molar-refractivity contribution >= 4 is 40.3 Å². The molecule has 0 bridgehead atoms. The summed E-state index contributed by atoms with van der Waals surface area (Å²) in [7, 11) is 0. The van der Waals surface area contributed by atoms with Crippen molar-refractivity contribution in [2.24, 2.45) is 0 Å². The maximum atomic E-state index is 12.5. The van der Waals surface area contributed by atoms with Gasteiger partial charge in [-0.2, -0.15) is 0 Å². The van der Waals surface area contributed by atoms with Crippen LogP contribution in [0.1, 0.15) is 17.5 Å². The number of thiocarbonyl (C=S) groups is 1. The molecular formula is C23H23NO3S2. The van der Waals surface area contributed by atoms with Crippen LogP contribution < -0.4 is 9.47 Å². The third-order valence-electron chi connectivity index (χ3n) is 4.20. The zero-order chi connectivity index (χ0) is 20.6. The Balaban J connectivity index is 1.57. The summed E-state index contributed by atoms with van der Waals surface area (Å²) < 4.78 is 12.2. The number of thioether (sulfide) groups is 1. The second kappa shape index (κ2) is 10.3. The Labute approximate surface area is 181 Å². The van der Waals surface area contributed by atoms with E-state index < -0.39 is 0 Å². The van der Waals surface area contributed by atoms with Crippen molar-refractivity contribution in [2.45, 2.75) is 13.3 Å². The highest BCUT2D eigenvalue weighted by molar-refractivity contribution is 8.26. The molecule has 1 aliphatic rings. The Morgan fingerprint density at radius 2 is 1.93 bits per heavy atom. The molecule has 1 amide bonds. The molecule has 1 heterocycles. The molecule has 1 aliphatic heterocycles. The highest BCUT2D eigenvalue weighted by Crippen LogP contribution is 2.34. The highest BCUT2D eigenvalue weighted by Gasteiger charge is 2.31. The van der Waals surface area contributed by atoms with Crippen LogP contribution >= 0.6 is 24.0 Å². The van der Waals surface area contributed by atoms with Gasteiger partial charge in [0.1, 0.15) is 15.8 Å². The lowest BCUT2D eigenvalue weighted by molar-refractivity contribution is -0.121. The number of aryl methyl sites for hydroxylation is 1. The maximum absolute atomic E-state index is 12.5. The molecule has 0 aromatic heterocycles. The number of carbonyl (C=O) groups excluding carboxylic acids is 1. The minimum absolute atomic E-state index is 0.0961. The van der Waals surface area contributed by atoms with Gasteiger partial charge in [-0.05, 0) is 36.8 Å². The number of benzene rings is 2. The van der Waals surface area contributed by atoms with Crippen LogP contribution in [0, 0.1) is 6.92 Å². The lowest BCUT2D eigenvalue weighted by Crippen LogP contribution is -2.27. The van der Waals surface area contributed by atoms with Crippen LogP contribution in [-0.2, 0) is 4.79 Å². The first kappa shape index (κ1) is 21.1. The van der Waals surface area contributed by atoms with Crippen LogP contribution in [0.15, 0.2) is 66.1 Å². The molecule has 0 aliphatic carbocycles. The summed E-state index contributed by atoms with van der Waals surface area (Å²) in [6, 6.07) is 15.6. The van der Waals surface area contributed by atoms with E-state index in [0.29, 0.717) is 29.0 Å². The number of amides is 1. The number of nitrogens with zero attached hydrogens (tertiary/aromatic N) is 1. The fourth-order valence-corrected chi connectivity index (χ4v) is 4.06. The van der Waals surface area contributed by atoms with E-state index in [1.54, 1.807) is 11.0 Å². The van der Waals surface area contributed by atoms with Gasteiger partial charge in [-0.25, -0.2) is 0 Å². The normalized spacial score (nSPS) is 15.1. The molecular weight excluding hydrogens is 402 g/mol. The smallest absolute Gasteiger partial charge is 0.266 e. The van der Waals surface area contributed by atoms with E-state index in [9.17, 15) is 4.79 Å². The van der Waals surface area contributed by atoms with Crippen molar-refractivity contribution in [3.05, 3.63) is 77.2 Å². The summed E-state index contributed by atoms with van der Waals surface area (Å²) in [4.78, 5) is 14.7. The van der Waals surface area contributed by atoms with E-state index in [4.69, 9.17) is 21.7 Å². The van der Waals surface area contributed by atoms with Crippen molar-refractivity contribution < 1.29 is 14.3 Å². The second-order valence-corrected chi connectivity index (χ2v) is 8.16. The van der Waals surface area contributed by atoms with Crippen molar-refractivity contribution in [3.8, 4) is 11.5 Å². The zero-order valence-electron chi connectivity index (χ0n) is 16.3. The number of para-hydroxylation sites is 1. The average Bonchev–Trinajstić information content (AvgIpc) is 2.97. The lowest BCUT2D eigenvalue weighted by atomic mass is 10.2. The van der Waals surface area contributed by atoms with E-state index in [1.807, 2.05) is 61.5 Å². The Hall–Kier alpha value is -2.57. The minimum Gasteiger partial charge on any atom is -0.493 e. The Kier molecular flexibility index (Phi) is 7.49. The first-order chi connectivity index (χ1) is 14.1.